The number of nitrogens with one attached hydrogen (secondary N) is 2. The molecule has 3 N–H and O–H groups in total. The van der Waals surface area contributed by atoms with Gasteiger partial charge in [-0.1, -0.05) is 37.2 Å². The SMILES string of the molecule is CC(=O)COCCOCCNC(=O)CC[C@@H](NC(=O)CCCCCCCCCN=[N+]=[N-])C(=O)O. The van der Waals surface area contributed by atoms with Crippen molar-refractivity contribution in [2.75, 3.05) is 39.5 Å². The molecule has 1 atom stereocenters. The Morgan fingerprint density at radius 1 is 0.912 bits per heavy atom. The number of Topliss-reactive ketones (excluding diaryl/α,β-unsaturated/α-hetero) is 1. The summed E-state index contributed by atoms with van der Waals surface area (Å²) in [4.78, 5) is 48.7. The van der Waals surface area contributed by atoms with Crippen molar-refractivity contribution < 1.29 is 33.8 Å². The van der Waals surface area contributed by atoms with E-state index in [0.29, 0.717) is 19.6 Å². The number of carboxylic acids is 1. The van der Waals surface area contributed by atoms with Crippen molar-refractivity contribution in [3.63, 3.8) is 0 Å². The monoisotopic (exact) mass is 485 g/mol. The van der Waals surface area contributed by atoms with Crippen molar-refractivity contribution in [3.8, 4) is 0 Å². The van der Waals surface area contributed by atoms with Crippen molar-refractivity contribution in [1.82, 2.24) is 10.6 Å². The lowest BCUT2D eigenvalue weighted by molar-refractivity contribution is -0.142. The molecule has 0 aromatic heterocycles. The normalized spacial score (nSPS) is 11.3. The maximum atomic E-state index is 12.0. The lowest BCUT2D eigenvalue weighted by Crippen LogP contribution is -2.41. The maximum absolute atomic E-state index is 12.0. The van der Waals surface area contributed by atoms with E-state index in [0.717, 1.165) is 38.5 Å². The topological polar surface area (TPSA) is 180 Å². The number of azide groups is 1. The summed E-state index contributed by atoms with van der Waals surface area (Å²) < 4.78 is 10.3. The van der Waals surface area contributed by atoms with E-state index in [2.05, 4.69) is 20.7 Å². The van der Waals surface area contributed by atoms with Crippen LogP contribution < -0.4 is 10.6 Å². The van der Waals surface area contributed by atoms with Gasteiger partial charge in [0.15, 0.2) is 5.78 Å². The first-order chi connectivity index (χ1) is 16.4. The maximum Gasteiger partial charge on any atom is 0.326 e. The number of ketones is 1. The third kappa shape index (κ3) is 21.2. The van der Waals surface area contributed by atoms with Crippen LogP contribution in [0.1, 0.15) is 71.1 Å². The largest absolute Gasteiger partial charge is 0.480 e. The van der Waals surface area contributed by atoms with E-state index in [1.165, 1.54) is 6.92 Å². The Morgan fingerprint density at radius 3 is 2.21 bits per heavy atom. The summed E-state index contributed by atoms with van der Waals surface area (Å²) in [6, 6.07) is -1.11. The summed E-state index contributed by atoms with van der Waals surface area (Å²) in [6.07, 6.45) is 6.77. The number of aliphatic carboxylic acids is 1. The van der Waals surface area contributed by atoms with Crippen LogP contribution in [0.2, 0.25) is 0 Å². The van der Waals surface area contributed by atoms with E-state index in [1.807, 2.05) is 0 Å². The molecule has 0 saturated carbocycles. The molecule has 0 aromatic rings. The predicted molar refractivity (Wildman–Crippen MR) is 125 cm³/mol. The zero-order chi connectivity index (χ0) is 25.4. The number of rotatable bonds is 23. The summed E-state index contributed by atoms with van der Waals surface area (Å²) in [5.74, 6) is -1.89. The Bertz CT molecular complexity index is 654. The summed E-state index contributed by atoms with van der Waals surface area (Å²) in [5.41, 5.74) is 8.19. The lowest BCUT2D eigenvalue weighted by Gasteiger charge is -2.14. The number of ether oxygens (including phenoxy) is 2. The number of carbonyl (C=O) groups is 4. The molecule has 0 bridgehead atoms. The van der Waals surface area contributed by atoms with E-state index in [1.54, 1.807) is 0 Å². The molecule has 12 heteroatoms. The van der Waals surface area contributed by atoms with Crippen molar-refractivity contribution in [2.24, 2.45) is 5.11 Å². The molecule has 194 valence electrons. The Kier molecular flexibility index (Phi) is 20.4. The first-order valence-electron chi connectivity index (χ1n) is 11.8. The fraction of sp³-hybridized carbons (Fsp3) is 0.818. The van der Waals surface area contributed by atoms with Crippen LogP contribution in [0, 0.1) is 0 Å². The van der Waals surface area contributed by atoms with E-state index < -0.39 is 12.0 Å². The first-order valence-corrected chi connectivity index (χ1v) is 11.8. The molecule has 0 aliphatic rings. The highest BCUT2D eigenvalue weighted by Crippen LogP contribution is 2.09. The zero-order valence-electron chi connectivity index (χ0n) is 20.1. The molecule has 0 fully saturated rings. The minimum Gasteiger partial charge on any atom is -0.480 e. The number of nitrogens with zero attached hydrogens (tertiary/aromatic N) is 3. The van der Waals surface area contributed by atoms with Crippen LogP contribution in [-0.2, 0) is 28.7 Å². The third-order valence-electron chi connectivity index (χ3n) is 4.76. The van der Waals surface area contributed by atoms with Gasteiger partial charge in [0.25, 0.3) is 0 Å². The molecule has 34 heavy (non-hydrogen) atoms. The molecule has 0 rings (SSSR count). The second-order valence-electron chi connectivity index (χ2n) is 7.89. The second kappa shape index (κ2) is 22.1. The van der Waals surface area contributed by atoms with E-state index in [4.69, 9.17) is 15.0 Å². The minimum absolute atomic E-state index is 0.00248. The fourth-order valence-corrected chi connectivity index (χ4v) is 2.98. The highest BCUT2D eigenvalue weighted by molar-refractivity contribution is 5.84. The Balaban J connectivity index is 3.81. The quantitative estimate of drug-likeness (QED) is 0.0860. The first kappa shape index (κ1) is 31.3. The van der Waals surface area contributed by atoms with Gasteiger partial charge in [0.05, 0.1) is 19.8 Å². The molecule has 0 saturated heterocycles. The van der Waals surface area contributed by atoms with Gasteiger partial charge in [0, 0.05) is 30.8 Å². The summed E-state index contributed by atoms with van der Waals surface area (Å²) in [5, 5.41) is 17.9. The summed E-state index contributed by atoms with van der Waals surface area (Å²) in [6.45, 7) is 3.12. The highest BCUT2D eigenvalue weighted by Gasteiger charge is 2.20. The number of amides is 2. The predicted octanol–water partition coefficient (Wildman–Crippen LogP) is 2.51. The van der Waals surface area contributed by atoms with Crippen LogP contribution in [-0.4, -0.2) is 74.2 Å². The summed E-state index contributed by atoms with van der Waals surface area (Å²) in [7, 11) is 0. The number of carbonyl (C=O) groups excluding carboxylic acids is 3. The van der Waals surface area contributed by atoms with Crippen LogP contribution in [0.4, 0.5) is 0 Å². The van der Waals surface area contributed by atoms with Gasteiger partial charge in [-0.3, -0.25) is 14.4 Å². The molecular formula is C22H39N5O7. The smallest absolute Gasteiger partial charge is 0.326 e. The van der Waals surface area contributed by atoms with Gasteiger partial charge in [0.2, 0.25) is 11.8 Å². The molecule has 0 unspecified atom stereocenters. The Hall–Kier alpha value is -2.69. The van der Waals surface area contributed by atoms with Crippen molar-refractivity contribution in [3.05, 3.63) is 10.4 Å². The van der Waals surface area contributed by atoms with Crippen LogP contribution in [0.25, 0.3) is 10.4 Å². The highest BCUT2D eigenvalue weighted by atomic mass is 16.5. The fourth-order valence-electron chi connectivity index (χ4n) is 2.98. The van der Waals surface area contributed by atoms with Gasteiger partial charge >= 0.3 is 5.97 Å². The standard InChI is InChI=1S/C22H39N5O7/c1-18(28)17-34-16-15-33-14-13-24-20(29)11-10-19(22(31)32)26-21(30)9-7-5-3-2-4-6-8-12-25-27-23/h19H,2-17H2,1H3,(H,24,29)(H,26,30)(H,31,32)/t19-/m1/s1. The average Bonchev–Trinajstić information content (AvgIpc) is 2.79. The molecule has 2 amide bonds. The van der Waals surface area contributed by atoms with Gasteiger partial charge in [0.1, 0.15) is 12.6 Å². The molecule has 0 aromatic carbocycles. The van der Waals surface area contributed by atoms with Crippen LogP contribution >= 0.6 is 0 Å². The van der Waals surface area contributed by atoms with Gasteiger partial charge < -0.3 is 25.2 Å². The van der Waals surface area contributed by atoms with E-state index in [-0.39, 0.29) is 63.2 Å². The van der Waals surface area contributed by atoms with Gasteiger partial charge in [-0.05, 0) is 31.7 Å². The Morgan fingerprint density at radius 2 is 1.56 bits per heavy atom. The Labute approximate surface area is 200 Å². The molecular weight excluding hydrogens is 446 g/mol. The van der Waals surface area contributed by atoms with Gasteiger partial charge in [-0.2, -0.15) is 0 Å². The van der Waals surface area contributed by atoms with Crippen LogP contribution in [0.15, 0.2) is 5.11 Å². The molecule has 0 aliphatic heterocycles. The van der Waals surface area contributed by atoms with E-state index >= 15 is 0 Å². The number of hydrogen-bond donors (Lipinski definition) is 3. The number of unbranched alkanes of at least 4 members (excludes halogenated alkanes) is 6. The van der Waals surface area contributed by atoms with Crippen molar-refractivity contribution in [1.29, 1.82) is 0 Å². The minimum atomic E-state index is -1.17. The molecule has 0 aliphatic carbocycles. The third-order valence-corrected chi connectivity index (χ3v) is 4.76. The zero-order valence-corrected chi connectivity index (χ0v) is 20.1. The molecule has 0 radical (unpaired) electrons. The lowest BCUT2D eigenvalue weighted by atomic mass is 10.1. The van der Waals surface area contributed by atoms with Crippen molar-refractivity contribution >= 4 is 23.6 Å². The molecule has 12 nitrogen and oxygen atoms in total. The molecule has 0 spiro atoms. The summed E-state index contributed by atoms with van der Waals surface area (Å²) >= 11 is 0. The van der Waals surface area contributed by atoms with Crippen LogP contribution in [0.5, 0.6) is 0 Å². The second-order valence-corrected chi connectivity index (χ2v) is 7.89. The average molecular weight is 486 g/mol. The van der Waals surface area contributed by atoms with Gasteiger partial charge in [-0.25, -0.2) is 4.79 Å². The van der Waals surface area contributed by atoms with E-state index in [9.17, 15) is 24.3 Å². The van der Waals surface area contributed by atoms with Crippen molar-refractivity contribution in [2.45, 2.75) is 77.2 Å². The number of carboxylic acid groups (broad SMARTS) is 1. The van der Waals surface area contributed by atoms with Gasteiger partial charge in [-0.15, -0.1) is 0 Å². The number of hydrogen-bond acceptors (Lipinski definition) is 7. The van der Waals surface area contributed by atoms with Crippen LogP contribution in [0.3, 0.4) is 0 Å². The molecule has 0 heterocycles.